The Bertz CT molecular complexity index is 419. The Labute approximate surface area is 107 Å². The van der Waals surface area contributed by atoms with Crippen LogP contribution in [0.1, 0.15) is 36.0 Å². The second-order valence-electron chi connectivity index (χ2n) is 4.59. The van der Waals surface area contributed by atoms with Gasteiger partial charge in [0, 0.05) is 6.04 Å². The molecule has 0 bridgehead atoms. The van der Waals surface area contributed by atoms with Crippen LogP contribution in [0.4, 0.5) is 0 Å². The molecule has 0 heterocycles. The molecule has 1 aliphatic carbocycles. The average Bonchev–Trinajstić information content (AvgIpc) is 2.41. The normalized spacial score (nSPS) is 23.4. The number of carbonyl (C=O) groups excluding carboxylic acids is 1. The summed E-state index contributed by atoms with van der Waals surface area (Å²) in [6, 6.07) is 7.17. The standard InChI is InChI=1S/C14H19NO3/c1-17-14(16)10-6-2-4-8-12(10)18-13-9-5-3-7-11(13)15/h2,4,6,8,11,13H,3,5,7,9,15H2,1H3. The lowest BCUT2D eigenvalue weighted by Crippen LogP contribution is -2.41. The van der Waals surface area contributed by atoms with Gasteiger partial charge in [-0.1, -0.05) is 18.6 Å². The SMILES string of the molecule is COC(=O)c1ccccc1OC1CCCCC1N. The smallest absolute Gasteiger partial charge is 0.341 e. The first-order valence-corrected chi connectivity index (χ1v) is 6.32. The van der Waals surface area contributed by atoms with Gasteiger partial charge in [-0.25, -0.2) is 4.79 Å². The zero-order valence-electron chi connectivity index (χ0n) is 10.6. The van der Waals surface area contributed by atoms with Crippen molar-refractivity contribution < 1.29 is 14.3 Å². The number of para-hydroxylation sites is 1. The summed E-state index contributed by atoms with van der Waals surface area (Å²) in [5.74, 6) is 0.182. The third-order valence-electron chi connectivity index (χ3n) is 3.32. The molecule has 1 fully saturated rings. The Morgan fingerprint density at radius 1 is 1.28 bits per heavy atom. The van der Waals surface area contributed by atoms with Crippen LogP contribution in [0.3, 0.4) is 0 Å². The molecule has 18 heavy (non-hydrogen) atoms. The number of methoxy groups -OCH3 is 1. The first-order valence-electron chi connectivity index (χ1n) is 6.32. The fraction of sp³-hybridized carbons (Fsp3) is 0.500. The Hall–Kier alpha value is -1.55. The maximum Gasteiger partial charge on any atom is 0.341 e. The van der Waals surface area contributed by atoms with Gasteiger partial charge in [-0.2, -0.15) is 0 Å². The first-order chi connectivity index (χ1) is 8.72. The predicted molar refractivity (Wildman–Crippen MR) is 68.6 cm³/mol. The lowest BCUT2D eigenvalue weighted by atomic mass is 9.93. The molecule has 2 atom stereocenters. The van der Waals surface area contributed by atoms with Crippen LogP contribution in [-0.2, 0) is 4.74 Å². The van der Waals surface area contributed by atoms with Crippen LogP contribution >= 0.6 is 0 Å². The molecule has 0 saturated heterocycles. The molecule has 2 N–H and O–H groups in total. The number of benzene rings is 1. The van der Waals surface area contributed by atoms with Crippen molar-refractivity contribution in [2.45, 2.75) is 37.8 Å². The van der Waals surface area contributed by atoms with E-state index in [2.05, 4.69) is 0 Å². The molecule has 0 amide bonds. The van der Waals surface area contributed by atoms with E-state index in [0.717, 1.165) is 25.7 Å². The largest absolute Gasteiger partial charge is 0.488 e. The van der Waals surface area contributed by atoms with Crippen LogP contribution in [0.2, 0.25) is 0 Å². The number of nitrogens with two attached hydrogens (primary N) is 1. The van der Waals surface area contributed by atoms with Crippen LogP contribution < -0.4 is 10.5 Å². The van der Waals surface area contributed by atoms with Gasteiger partial charge in [0.15, 0.2) is 0 Å². The van der Waals surface area contributed by atoms with E-state index in [9.17, 15) is 4.79 Å². The lowest BCUT2D eigenvalue weighted by molar-refractivity contribution is 0.0588. The Balaban J connectivity index is 2.15. The van der Waals surface area contributed by atoms with Crippen molar-refractivity contribution in [1.82, 2.24) is 0 Å². The topological polar surface area (TPSA) is 61.5 Å². The van der Waals surface area contributed by atoms with Crippen LogP contribution in [0.15, 0.2) is 24.3 Å². The van der Waals surface area contributed by atoms with Gasteiger partial charge in [0.1, 0.15) is 17.4 Å². The number of esters is 1. The average molecular weight is 249 g/mol. The van der Waals surface area contributed by atoms with Gasteiger partial charge in [0.05, 0.1) is 7.11 Å². The van der Waals surface area contributed by atoms with Gasteiger partial charge in [-0.05, 0) is 31.4 Å². The van der Waals surface area contributed by atoms with Crippen molar-refractivity contribution in [3.63, 3.8) is 0 Å². The van der Waals surface area contributed by atoms with Crippen LogP contribution in [-0.4, -0.2) is 25.2 Å². The van der Waals surface area contributed by atoms with Crippen molar-refractivity contribution in [1.29, 1.82) is 0 Å². The summed E-state index contributed by atoms with van der Waals surface area (Å²) in [6.07, 6.45) is 4.18. The molecule has 1 aromatic rings. The molecule has 0 aromatic heterocycles. The van der Waals surface area contributed by atoms with Crippen LogP contribution in [0.25, 0.3) is 0 Å². The molecule has 1 saturated carbocycles. The Morgan fingerprint density at radius 3 is 2.72 bits per heavy atom. The van der Waals surface area contributed by atoms with Crippen molar-refractivity contribution in [3.05, 3.63) is 29.8 Å². The predicted octanol–water partition coefficient (Wildman–Crippen LogP) is 2.12. The maximum absolute atomic E-state index is 11.6. The Morgan fingerprint density at radius 2 is 2.00 bits per heavy atom. The minimum Gasteiger partial charge on any atom is -0.488 e. The number of rotatable bonds is 3. The fourth-order valence-electron chi connectivity index (χ4n) is 2.28. The van der Waals surface area contributed by atoms with Gasteiger partial charge in [-0.15, -0.1) is 0 Å². The van der Waals surface area contributed by atoms with E-state index < -0.39 is 0 Å². The number of hydrogen-bond acceptors (Lipinski definition) is 4. The van der Waals surface area contributed by atoms with Gasteiger partial charge >= 0.3 is 5.97 Å². The van der Waals surface area contributed by atoms with Crippen molar-refractivity contribution in [2.75, 3.05) is 7.11 Å². The molecule has 1 aromatic carbocycles. The number of ether oxygens (including phenoxy) is 2. The lowest BCUT2D eigenvalue weighted by Gasteiger charge is -2.29. The summed E-state index contributed by atoms with van der Waals surface area (Å²) in [5.41, 5.74) is 6.50. The molecular formula is C14H19NO3. The molecule has 0 spiro atoms. The highest BCUT2D eigenvalue weighted by Crippen LogP contribution is 2.25. The summed E-state index contributed by atoms with van der Waals surface area (Å²) < 4.78 is 10.6. The zero-order chi connectivity index (χ0) is 13.0. The maximum atomic E-state index is 11.6. The van der Waals surface area contributed by atoms with E-state index in [1.54, 1.807) is 18.2 Å². The summed E-state index contributed by atoms with van der Waals surface area (Å²) in [7, 11) is 1.37. The fourth-order valence-corrected chi connectivity index (χ4v) is 2.28. The van der Waals surface area contributed by atoms with Crippen molar-refractivity contribution in [2.24, 2.45) is 5.73 Å². The van der Waals surface area contributed by atoms with E-state index in [1.165, 1.54) is 7.11 Å². The molecule has 2 rings (SSSR count). The van der Waals surface area contributed by atoms with Gasteiger partial charge < -0.3 is 15.2 Å². The summed E-state index contributed by atoms with van der Waals surface area (Å²) >= 11 is 0. The third-order valence-corrected chi connectivity index (χ3v) is 3.32. The van der Waals surface area contributed by atoms with E-state index in [-0.39, 0.29) is 18.1 Å². The summed E-state index contributed by atoms with van der Waals surface area (Å²) in [6.45, 7) is 0. The van der Waals surface area contributed by atoms with Crippen LogP contribution in [0.5, 0.6) is 5.75 Å². The van der Waals surface area contributed by atoms with Gasteiger partial charge in [0.25, 0.3) is 0 Å². The summed E-state index contributed by atoms with van der Waals surface area (Å²) in [4.78, 5) is 11.6. The molecule has 0 aliphatic heterocycles. The van der Waals surface area contributed by atoms with E-state index in [0.29, 0.717) is 11.3 Å². The highest BCUT2D eigenvalue weighted by Gasteiger charge is 2.25. The van der Waals surface area contributed by atoms with E-state index in [4.69, 9.17) is 15.2 Å². The van der Waals surface area contributed by atoms with Gasteiger partial charge in [-0.3, -0.25) is 0 Å². The quantitative estimate of drug-likeness (QED) is 0.833. The molecule has 98 valence electrons. The highest BCUT2D eigenvalue weighted by molar-refractivity contribution is 5.92. The first kappa shape index (κ1) is 12.9. The van der Waals surface area contributed by atoms with E-state index >= 15 is 0 Å². The summed E-state index contributed by atoms with van der Waals surface area (Å²) in [5, 5.41) is 0. The van der Waals surface area contributed by atoms with Crippen molar-refractivity contribution in [3.8, 4) is 5.75 Å². The van der Waals surface area contributed by atoms with Crippen molar-refractivity contribution >= 4 is 5.97 Å². The molecule has 4 heteroatoms. The van der Waals surface area contributed by atoms with Crippen LogP contribution in [0, 0.1) is 0 Å². The van der Waals surface area contributed by atoms with Gasteiger partial charge in [0.2, 0.25) is 0 Å². The highest BCUT2D eigenvalue weighted by atomic mass is 16.5. The van der Waals surface area contributed by atoms with E-state index in [1.807, 2.05) is 6.07 Å². The number of carbonyl (C=O) groups is 1. The minimum absolute atomic E-state index is 0.00967. The third kappa shape index (κ3) is 2.82. The molecule has 4 nitrogen and oxygen atoms in total. The molecule has 2 unspecified atom stereocenters. The number of hydrogen-bond donors (Lipinski definition) is 1. The monoisotopic (exact) mass is 249 g/mol. The second-order valence-corrected chi connectivity index (χ2v) is 4.59. The molecule has 0 radical (unpaired) electrons. The Kier molecular flexibility index (Phi) is 4.20. The minimum atomic E-state index is -0.380. The molecular weight excluding hydrogens is 230 g/mol. The second kappa shape index (κ2) is 5.87. The zero-order valence-corrected chi connectivity index (χ0v) is 10.6. The molecule has 1 aliphatic rings.